The summed E-state index contributed by atoms with van der Waals surface area (Å²) in [5, 5.41) is 28.2. The number of aromatic hydroxyl groups is 1. The Hall–Kier alpha value is -2.37. The van der Waals surface area contributed by atoms with E-state index in [1.165, 1.54) is 36.4 Å². The van der Waals surface area contributed by atoms with E-state index in [0.717, 1.165) is 0 Å². The van der Waals surface area contributed by atoms with Crippen LogP contribution in [-0.4, -0.2) is 43.7 Å². The molecule has 0 saturated heterocycles. The van der Waals surface area contributed by atoms with Crippen LogP contribution in [0.2, 0.25) is 5.02 Å². The molecule has 0 spiro atoms. The average Bonchev–Trinajstić information content (AvgIpc) is 2.63. The van der Waals surface area contributed by atoms with E-state index in [1.807, 2.05) is 6.92 Å². The van der Waals surface area contributed by atoms with E-state index in [4.69, 9.17) is 27.2 Å². The van der Waals surface area contributed by atoms with Crippen LogP contribution in [0.4, 0.5) is 0 Å². The number of nitrogens with two attached hydrogens (primary N) is 2. The minimum absolute atomic E-state index is 0.00604. The van der Waals surface area contributed by atoms with Gasteiger partial charge in [0.15, 0.2) is 0 Å². The van der Waals surface area contributed by atoms with Gasteiger partial charge in [0.25, 0.3) is 5.91 Å². The molecule has 0 bridgehead atoms. The van der Waals surface area contributed by atoms with Gasteiger partial charge < -0.3 is 26.0 Å². The van der Waals surface area contributed by atoms with Gasteiger partial charge in [0.05, 0.1) is 16.7 Å². The SMILES string of the molecule is CC(COc1ccc(C(N)=O)c(O)c1)NCC(O)c1ccc(Cl)c(S(N)(=O)=O)c1. The molecule has 11 heteroatoms. The maximum absolute atomic E-state index is 11.5. The quantitative estimate of drug-likeness (QED) is 0.383. The van der Waals surface area contributed by atoms with E-state index in [0.29, 0.717) is 11.3 Å². The first-order chi connectivity index (χ1) is 13.5. The monoisotopic (exact) mass is 443 g/mol. The Morgan fingerprint density at radius 3 is 2.55 bits per heavy atom. The van der Waals surface area contributed by atoms with Gasteiger partial charge in [-0.3, -0.25) is 4.79 Å². The van der Waals surface area contributed by atoms with Crippen LogP contribution in [0.15, 0.2) is 41.3 Å². The maximum Gasteiger partial charge on any atom is 0.252 e. The largest absolute Gasteiger partial charge is 0.507 e. The number of carbonyl (C=O) groups is 1. The van der Waals surface area contributed by atoms with Crippen molar-refractivity contribution in [2.45, 2.75) is 24.0 Å². The van der Waals surface area contributed by atoms with Crippen molar-refractivity contribution in [3.05, 3.63) is 52.5 Å². The number of halogens is 1. The fourth-order valence-electron chi connectivity index (χ4n) is 2.47. The van der Waals surface area contributed by atoms with Crippen LogP contribution in [0, 0.1) is 0 Å². The van der Waals surface area contributed by atoms with E-state index in [9.17, 15) is 23.4 Å². The highest BCUT2D eigenvalue weighted by atomic mass is 35.5. The van der Waals surface area contributed by atoms with Crippen molar-refractivity contribution in [2.24, 2.45) is 10.9 Å². The first-order valence-corrected chi connectivity index (χ1v) is 10.4. The van der Waals surface area contributed by atoms with E-state index in [2.05, 4.69) is 5.32 Å². The lowest BCUT2D eigenvalue weighted by Gasteiger charge is -2.18. The number of carbonyl (C=O) groups excluding carboxylic acids is 1. The van der Waals surface area contributed by atoms with Gasteiger partial charge in [0, 0.05) is 18.7 Å². The van der Waals surface area contributed by atoms with Crippen LogP contribution in [0.1, 0.15) is 28.9 Å². The van der Waals surface area contributed by atoms with Gasteiger partial charge in [0.2, 0.25) is 10.0 Å². The Morgan fingerprint density at radius 1 is 1.28 bits per heavy atom. The lowest BCUT2D eigenvalue weighted by molar-refractivity contribution is 0.0997. The molecule has 0 fully saturated rings. The molecule has 0 saturated carbocycles. The van der Waals surface area contributed by atoms with Gasteiger partial charge in [-0.15, -0.1) is 0 Å². The number of aliphatic hydroxyl groups excluding tert-OH is 1. The summed E-state index contributed by atoms with van der Waals surface area (Å²) in [5.41, 5.74) is 5.46. The minimum atomic E-state index is -4.00. The predicted octanol–water partition coefficient (Wildman–Crippen LogP) is 0.882. The van der Waals surface area contributed by atoms with Gasteiger partial charge >= 0.3 is 0 Å². The van der Waals surface area contributed by atoms with Gasteiger partial charge in [-0.25, -0.2) is 13.6 Å². The van der Waals surface area contributed by atoms with E-state index < -0.39 is 22.0 Å². The summed E-state index contributed by atoms with van der Waals surface area (Å²) in [6, 6.07) is 8.04. The Balaban J connectivity index is 1.91. The zero-order chi connectivity index (χ0) is 21.8. The molecule has 0 aliphatic heterocycles. The third-order valence-electron chi connectivity index (χ3n) is 4.04. The van der Waals surface area contributed by atoms with Gasteiger partial charge in [-0.2, -0.15) is 0 Å². The molecule has 2 atom stereocenters. The fourth-order valence-corrected chi connectivity index (χ4v) is 3.55. The van der Waals surface area contributed by atoms with Crippen LogP contribution >= 0.6 is 11.6 Å². The zero-order valence-electron chi connectivity index (χ0n) is 15.5. The van der Waals surface area contributed by atoms with Crippen LogP contribution in [0.5, 0.6) is 11.5 Å². The van der Waals surface area contributed by atoms with Gasteiger partial charge in [-0.1, -0.05) is 17.7 Å². The fraction of sp³-hybridized carbons (Fsp3) is 0.278. The highest BCUT2D eigenvalue weighted by molar-refractivity contribution is 7.89. The number of aliphatic hydroxyl groups is 1. The molecular formula is C18H22ClN3O6S. The minimum Gasteiger partial charge on any atom is -0.507 e. The first kappa shape index (κ1) is 22.9. The number of ether oxygens (including phenoxy) is 1. The molecule has 2 unspecified atom stereocenters. The summed E-state index contributed by atoms with van der Waals surface area (Å²) in [6.45, 7) is 2.12. The maximum atomic E-state index is 11.5. The standard InChI is InChI=1S/C18H22ClN3O6S/c1-10(9-28-12-3-4-13(18(20)25)15(23)7-12)22-8-16(24)11-2-5-14(19)17(6-11)29(21,26)27/h2-7,10,16,22-24H,8-9H2,1H3,(H2,20,25)(H2,21,26,27). The number of benzene rings is 2. The molecule has 0 aliphatic carbocycles. The molecule has 0 radical (unpaired) electrons. The lowest BCUT2D eigenvalue weighted by atomic mass is 10.1. The van der Waals surface area contributed by atoms with Crippen molar-refractivity contribution in [3.8, 4) is 11.5 Å². The normalized spacial score (nSPS) is 13.7. The molecule has 158 valence electrons. The Kier molecular flexibility index (Phi) is 7.44. The van der Waals surface area contributed by atoms with E-state index >= 15 is 0 Å². The third-order valence-corrected chi connectivity index (χ3v) is 5.43. The molecule has 1 amide bonds. The number of sulfonamides is 1. The summed E-state index contributed by atoms with van der Waals surface area (Å²) >= 11 is 5.83. The molecule has 2 aromatic rings. The number of rotatable bonds is 9. The molecule has 0 aromatic heterocycles. The molecular weight excluding hydrogens is 422 g/mol. The molecule has 7 N–H and O–H groups in total. The molecule has 9 nitrogen and oxygen atoms in total. The predicted molar refractivity (Wildman–Crippen MR) is 107 cm³/mol. The van der Waals surface area contributed by atoms with Gasteiger partial charge in [-0.05, 0) is 36.8 Å². The van der Waals surface area contributed by atoms with Crippen molar-refractivity contribution >= 4 is 27.5 Å². The van der Waals surface area contributed by atoms with Crippen molar-refractivity contribution < 1.29 is 28.2 Å². The second kappa shape index (κ2) is 9.42. The summed E-state index contributed by atoms with van der Waals surface area (Å²) < 4.78 is 28.6. The van der Waals surface area contributed by atoms with Crippen molar-refractivity contribution in [3.63, 3.8) is 0 Å². The van der Waals surface area contributed by atoms with E-state index in [-0.39, 0.29) is 40.4 Å². The average molecular weight is 444 g/mol. The highest BCUT2D eigenvalue weighted by Crippen LogP contribution is 2.25. The number of amides is 1. The summed E-state index contributed by atoms with van der Waals surface area (Å²) in [7, 11) is -4.00. The van der Waals surface area contributed by atoms with Gasteiger partial charge in [0.1, 0.15) is 23.0 Å². The highest BCUT2D eigenvalue weighted by Gasteiger charge is 2.17. The molecule has 29 heavy (non-hydrogen) atoms. The number of hydrogen-bond acceptors (Lipinski definition) is 7. The van der Waals surface area contributed by atoms with Crippen LogP contribution in [0.25, 0.3) is 0 Å². The second-order valence-electron chi connectivity index (χ2n) is 6.41. The van der Waals surface area contributed by atoms with Crippen LogP contribution in [-0.2, 0) is 10.0 Å². The Labute approximate surface area is 173 Å². The van der Waals surface area contributed by atoms with Crippen molar-refractivity contribution in [1.82, 2.24) is 5.32 Å². The number of nitrogens with one attached hydrogen (secondary N) is 1. The topological polar surface area (TPSA) is 165 Å². The Morgan fingerprint density at radius 2 is 1.97 bits per heavy atom. The molecule has 2 rings (SSSR count). The third kappa shape index (κ3) is 6.31. The van der Waals surface area contributed by atoms with Crippen molar-refractivity contribution in [2.75, 3.05) is 13.2 Å². The number of primary sulfonamides is 1. The number of phenols is 1. The molecule has 0 aliphatic rings. The van der Waals surface area contributed by atoms with E-state index in [1.54, 1.807) is 0 Å². The first-order valence-electron chi connectivity index (χ1n) is 8.48. The van der Waals surface area contributed by atoms with Crippen LogP contribution in [0.3, 0.4) is 0 Å². The smallest absolute Gasteiger partial charge is 0.252 e. The molecule has 0 heterocycles. The summed E-state index contributed by atoms with van der Waals surface area (Å²) in [4.78, 5) is 10.8. The lowest BCUT2D eigenvalue weighted by Crippen LogP contribution is -2.35. The Bertz CT molecular complexity index is 999. The number of primary amides is 1. The summed E-state index contributed by atoms with van der Waals surface area (Å²) in [6.07, 6.45) is -1.01. The second-order valence-corrected chi connectivity index (χ2v) is 8.35. The van der Waals surface area contributed by atoms with Crippen LogP contribution < -0.4 is 20.9 Å². The summed E-state index contributed by atoms with van der Waals surface area (Å²) in [5.74, 6) is -0.678. The zero-order valence-corrected chi connectivity index (χ0v) is 17.1. The molecule has 2 aromatic carbocycles. The van der Waals surface area contributed by atoms with Crippen molar-refractivity contribution in [1.29, 1.82) is 0 Å². The number of hydrogen-bond donors (Lipinski definition) is 5.